The highest BCUT2D eigenvalue weighted by molar-refractivity contribution is 5.69. The van der Waals surface area contributed by atoms with Gasteiger partial charge in [-0.25, -0.2) is 0 Å². The van der Waals surface area contributed by atoms with Crippen LogP contribution in [0.3, 0.4) is 0 Å². The summed E-state index contributed by atoms with van der Waals surface area (Å²) in [6.45, 7) is 9.81. The Kier molecular flexibility index (Phi) is 17.3. The lowest BCUT2D eigenvalue weighted by molar-refractivity contribution is -0.148. The second kappa shape index (κ2) is 18.0. The molecule has 0 aliphatic carbocycles. The summed E-state index contributed by atoms with van der Waals surface area (Å²) < 4.78 is 10.4. The summed E-state index contributed by atoms with van der Waals surface area (Å²) in [5.74, 6) is 0.546. The van der Waals surface area contributed by atoms with Gasteiger partial charge in [-0.2, -0.15) is 0 Å². The van der Waals surface area contributed by atoms with Crippen LogP contribution in [-0.2, 0) is 19.1 Å². The van der Waals surface area contributed by atoms with E-state index in [1.54, 1.807) is 0 Å². The van der Waals surface area contributed by atoms with Crippen LogP contribution < -0.4 is 0 Å². The lowest BCUT2D eigenvalue weighted by Crippen LogP contribution is -2.12. The fourth-order valence-electron chi connectivity index (χ4n) is 3.46. The summed E-state index contributed by atoms with van der Waals surface area (Å²) >= 11 is 0. The molecule has 0 radical (unpaired) electrons. The molecular formula is C24H46O4. The van der Waals surface area contributed by atoms with Crippen LogP contribution in [-0.4, -0.2) is 24.1 Å². The van der Waals surface area contributed by atoms with Gasteiger partial charge in [0.1, 0.15) is 0 Å². The van der Waals surface area contributed by atoms with Crippen molar-refractivity contribution in [3.8, 4) is 0 Å². The van der Waals surface area contributed by atoms with E-state index in [0.29, 0.717) is 18.8 Å². The molecule has 0 saturated heterocycles. The molecular weight excluding hydrogens is 352 g/mol. The van der Waals surface area contributed by atoms with E-state index in [1.807, 2.05) is 27.7 Å². The third kappa shape index (κ3) is 18.3. The molecule has 0 rings (SSSR count). The van der Waals surface area contributed by atoms with E-state index in [2.05, 4.69) is 6.92 Å². The zero-order valence-corrected chi connectivity index (χ0v) is 19.3. The van der Waals surface area contributed by atoms with Crippen molar-refractivity contribution in [2.45, 2.75) is 137 Å². The maximum atomic E-state index is 11.6. The highest BCUT2D eigenvalue weighted by Gasteiger charge is 2.11. The number of esters is 2. The SMILES string of the molecule is CCC(CCCCCCCCCCCC(=O)OC(C)C)CCC(=O)OC(C)C. The van der Waals surface area contributed by atoms with Gasteiger partial charge >= 0.3 is 11.9 Å². The van der Waals surface area contributed by atoms with E-state index in [0.717, 1.165) is 25.7 Å². The van der Waals surface area contributed by atoms with Crippen molar-refractivity contribution < 1.29 is 19.1 Å². The summed E-state index contributed by atoms with van der Waals surface area (Å²) in [5, 5.41) is 0. The van der Waals surface area contributed by atoms with Gasteiger partial charge in [-0.3, -0.25) is 9.59 Å². The van der Waals surface area contributed by atoms with Gasteiger partial charge in [0.2, 0.25) is 0 Å². The Hall–Kier alpha value is -1.06. The minimum absolute atomic E-state index is 0.00138. The van der Waals surface area contributed by atoms with Gasteiger partial charge in [-0.1, -0.05) is 71.1 Å². The molecule has 0 aromatic rings. The fraction of sp³-hybridized carbons (Fsp3) is 0.917. The van der Waals surface area contributed by atoms with E-state index >= 15 is 0 Å². The molecule has 0 aromatic carbocycles. The maximum absolute atomic E-state index is 11.6. The van der Waals surface area contributed by atoms with Crippen LogP contribution in [0.25, 0.3) is 0 Å². The summed E-state index contributed by atoms with van der Waals surface area (Å²) in [6.07, 6.45) is 15.5. The Balaban J connectivity index is 3.45. The predicted molar refractivity (Wildman–Crippen MR) is 116 cm³/mol. The van der Waals surface area contributed by atoms with Gasteiger partial charge in [-0.05, 0) is 46.5 Å². The molecule has 0 amide bonds. The quantitative estimate of drug-likeness (QED) is 0.184. The molecule has 0 saturated carbocycles. The maximum Gasteiger partial charge on any atom is 0.306 e. The van der Waals surface area contributed by atoms with Crippen LogP contribution in [0.1, 0.15) is 125 Å². The average Bonchev–Trinajstić information content (AvgIpc) is 2.60. The normalized spacial score (nSPS) is 12.4. The molecule has 0 aliphatic rings. The average molecular weight is 399 g/mol. The van der Waals surface area contributed by atoms with Gasteiger partial charge < -0.3 is 9.47 Å². The Morgan fingerprint density at radius 1 is 0.607 bits per heavy atom. The van der Waals surface area contributed by atoms with Crippen LogP contribution >= 0.6 is 0 Å². The molecule has 0 fully saturated rings. The van der Waals surface area contributed by atoms with Crippen molar-refractivity contribution in [2.75, 3.05) is 0 Å². The number of hydrogen-bond acceptors (Lipinski definition) is 4. The highest BCUT2D eigenvalue weighted by Crippen LogP contribution is 2.20. The van der Waals surface area contributed by atoms with Gasteiger partial charge in [0.25, 0.3) is 0 Å². The Labute approximate surface area is 174 Å². The molecule has 28 heavy (non-hydrogen) atoms. The van der Waals surface area contributed by atoms with Crippen LogP contribution in [0.15, 0.2) is 0 Å². The zero-order chi connectivity index (χ0) is 21.2. The minimum atomic E-state index is -0.0582. The third-order valence-corrected chi connectivity index (χ3v) is 5.06. The van der Waals surface area contributed by atoms with Gasteiger partial charge in [0, 0.05) is 12.8 Å². The first kappa shape index (κ1) is 26.9. The van der Waals surface area contributed by atoms with E-state index in [4.69, 9.17) is 9.47 Å². The first-order valence-electron chi connectivity index (χ1n) is 11.7. The smallest absolute Gasteiger partial charge is 0.306 e. The van der Waals surface area contributed by atoms with Gasteiger partial charge in [0.05, 0.1) is 12.2 Å². The molecule has 0 aromatic heterocycles. The number of unbranched alkanes of at least 4 members (excludes halogenated alkanes) is 8. The van der Waals surface area contributed by atoms with Crippen molar-refractivity contribution in [3.05, 3.63) is 0 Å². The van der Waals surface area contributed by atoms with Crippen molar-refractivity contribution in [2.24, 2.45) is 5.92 Å². The summed E-state index contributed by atoms with van der Waals surface area (Å²) in [5.41, 5.74) is 0. The number of carbonyl (C=O) groups excluding carboxylic acids is 2. The first-order chi connectivity index (χ1) is 13.3. The first-order valence-corrected chi connectivity index (χ1v) is 11.7. The molecule has 4 nitrogen and oxygen atoms in total. The molecule has 0 heterocycles. The predicted octanol–water partition coefficient (Wildman–Crippen LogP) is 6.99. The van der Waals surface area contributed by atoms with Crippen LogP contribution in [0.5, 0.6) is 0 Å². The minimum Gasteiger partial charge on any atom is -0.463 e. The molecule has 0 N–H and O–H groups in total. The molecule has 4 heteroatoms. The monoisotopic (exact) mass is 398 g/mol. The van der Waals surface area contributed by atoms with Crippen molar-refractivity contribution in [3.63, 3.8) is 0 Å². The number of rotatable bonds is 18. The summed E-state index contributed by atoms with van der Waals surface area (Å²) in [4.78, 5) is 23.1. The van der Waals surface area contributed by atoms with Gasteiger partial charge in [-0.15, -0.1) is 0 Å². The van der Waals surface area contributed by atoms with Crippen molar-refractivity contribution >= 4 is 11.9 Å². The van der Waals surface area contributed by atoms with Crippen molar-refractivity contribution in [1.29, 1.82) is 0 Å². The molecule has 0 aliphatic heterocycles. The van der Waals surface area contributed by atoms with Gasteiger partial charge in [0.15, 0.2) is 0 Å². The Bertz CT molecular complexity index is 390. The molecule has 1 unspecified atom stereocenters. The molecule has 1 atom stereocenters. The standard InChI is InChI=1S/C24H46O4/c1-6-22(18-19-24(26)28-21(4)5)16-14-12-10-8-7-9-11-13-15-17-23(25)27-20(2)3/h20-22H,6-19H2,1-5H3. The topological polar surface area (TPSA) is 52.6 Å². The molecule has 0 bridgehead atoms. The Morgan fingerprint density at radius 3 is 1.50 bits per heavy atom. The molecule has 0 spiro atoms. The highest BCUT2D eigenvalue weighted by atomic mass is 16.5. The second-order valence-corrected chi connectivity index (χ2v) is 8.61. The van der Waals surface area contributed by atoms with Crippen molar-refractivity contribution in [1.82, 2.24) is 0 Å². The van der Waals surface area contributed by atoms with E-state index in [9.17, 15) is 9.59 Å². The van der Waals surface area contributed by atoms with Crippen LogP contribution in [0, 0.1) is 5.92 Å². The second-order valence-electron chi connectivity index (χ2n) is 8.61. The fourth-order valence-corrected chi connectivity index (χ4v) is 3.46. The number of carbonyl (C=O) groups is 2. The van der Waals surface area contributed by atoms with E-state index in [-0.39, 0.29) is 24.1 Å². The Morgan fingerprint density at radius 2 is 1.04 bits per heavy atom. The lowest BCUT2D eigenvalue weighted by Gasteiger charge is -2.15. The number of hydrogen-bond donors (Lipinski definition) is 0. The zero-order valence-electron chi connectivity index (χ0n) is 19.3. The van der Waals surface area contributed by atoms with E-state index in [1.165, 1.54) is 51.4 Å². The summed E-state index contributed by atoms with van der Waals surface area (Å²) in [6, 6.07) is 0. The number of ether oxygens (including phenoxy) is 2. The summed E-state index contributed by atoms with van der Waals surface area (Å²) in [7, 11) is 0. The van der Waals surface area contributed by atoms with Crippen LogP contribution in [0.2, 0.25) is 0 Å². The third-order valence-electron chi connectivity index (χ3n) is 5.06. The largest absolute Gasteiger partial charge is 0.463 e. The molecule has 166 valence electrons. The lowest BCUT2D eigenvalue weighted by atomic mass is 9.93. The van der Waals surface area contributed by atoms with E-state index < -0.39 is 0 Å². The van der Waals surface area contributed by atoms with Crippen LogP contribution in [0.4, 0.5) is 0 Å².